The lowest BCUT2D eigenvalue weighted by atomic mass is 9.94. The highest BCUT2D eigenvalue weighted by molar-refractivity contribution is 5.84. The van der Waals surface area contributed by atoms with Gasteiger partial charge in [0.1, 0.15) is 11.6 Å². The Morgan fingerprint density at radius 1 is 1.21 bits per heavy atom. The van der Waals surface area contributed by atoms with E-state index in [0.29, 0.717) is 39.1 Å². The van der Waals surface area contributed by atoms with Crippen LogP contribution in [0.3, 0.4) is 0 Å². The van der Waals surface area contributed by atoms with Crippen LogP contribution in [0.25, 0.3) is 0 Å². The van der Waals surface area contributed by atoms with E-state index in [9.17, 15) is 14.7 Å². The second kappa shape index (κ2) is 13.1. The van der Waals surface area contributed by atoms with Gasteiger partial charge in [-0.25, -0.2) is 4.98 Å². The van der Waals surface area contributed by atoms with Crippen LogP contribution in [0.4, 0.5) is 5.82 Å². The van der Waals surface area contributed by atoms with E-state index in [1.54, 1.807) is 11.1 Å². The van der Waals surface area contributed by atoms with Crippen molar-refractivity contribution in [3.05, 3.63) is 53.7 Å². The number of carbonyl (C=O) groups is 2. The fourth-order valence-electron chi connectivity index (χ4n) is 4.30. The van der Waals surface area contributed by atoms with Crippen molar-refractivity contribution in [3.63, 3.8) is 0 Å². The molecule has 2 aromatic rings. The van der Waals surface area contributed by atoms with Crippen LogP contribution in [0.2, 0.25) is 0 Å². The number of aliphatic carboxylic acids is 1. The molecule has 1 aliphatic heterocycles. The van der Waals surface area contributed by atoms with E-state index >= 15 is 0 Å². The Bertz CT molecular complexity index is 1070. The summed E-state index contributed by atoms with van der Waals surface area (Å²) in [6.45, 7) is 10.3. The van der Waals surface area contributed by atoms with Gasteiger partial charge in [0, 0.05) is 31.4 Å². The van der Waals surface area contributed by atoms with Gasteiger partial charge >= 0.3 is 5.97 Å². The van der Waals surface area contributed by atoms with Gasteiger partial charge in [0.2, 0.25) is 5.91 Å². The van der Waals surface area contributed by atoms with Crippen LogP contribution < -0.4 is 15.8 Å². The molecule has 1 aromatic heterocycles. The minimum atomic E-state index is -0.972. The average Bonchev–Trinajstić information content (AvgIpc) is 2.97. The van der Waals surface area contributed by atoms with Gasteiger partial charge in [0.05, 0.1) is 31.2 Å². The molecule has 0 saturated heterocycles. The summed E-state index contributed by atoms with van der Waals surface area (Å²) in [5.41, 5.74) is 7.10. The van der Waals surface area contributed by atoms with Crippen LogP contribution in [0.15, 0.2) is 42.6 Å². The van der Waals surface area contributed by atoms with E-state index in [1.165, 1.54) is 0 Å². The molecule has 4 N–H and O–H groups in total. The van der Waals surface area contributed by atoms with Gasteiger partial charge in [-0.15, -0.1) is 0 Å². The van der Waals surface area contributed by atoms with Crippen LogP contribution in [0.1, 0.15) is 58.1 Å². The predicted molar refractivity (Wildman–Crippen MR) is 147 cm³/mol. The molecule has 1 amide bonds. The number of carbonyl (C=O) groups excluding carboxylic acids is 1. The van der Waals surface area contributed by atoms with Crippen molar-refractivity contribution in [1.29, 1.82) is 0 Å². The van der Waals surface area contributed by atoms with Crippen LogP contribution in [-0.2, 0) is 27.3 Å². The average molecular weight is 527 g/mol. The third-order valence-electron chi connectivity index (χ3n) is 6.47. The Balaban J connectivity index is 1.64. The molecule has 1 aromatic carbocycles. The number of nitrogens with two attached hydrogens (primary N) is 1. The number of fused-ring (bicyclic) bond motifs is 1. The van der Waals surface area contributed by atoms with E-state index in [0.717, 1.165) is 35.7 Å². The molecule has 208 valence electrons. The number of rotatable bonds is 14. The van der Waals surface area contributed by atoms with Gasteiger partial charge in [0.15, 0.2) is 0 Å². The lowest BCUT2D eigenvalue weighted by Gasteiger charge is -2.32. The molecule has 9 nitrogen and oxygen atoms in total. The van der Waals surface area contributed by atoms with E-state index in [1.807, 2.05) is 64.1 Å². The minimum absolute atomic E-state index is 0.137. The monoisotopic (exact) mass is 526 g/mol. The molecule has 1 atom stereocenters. The second-order valence-corrected chi connectivity index (χ2v) is 11.3. The third-order valence-corrected chi connectivity index (χ3v) is 6.47. The lowest BCUT2D eigenvalue weighted by molar-refractivity contribution is -0.145. The molecule has 0 radical (unpaired) electrons. The number of carboxylic acid groups (broad SMARTS) is 1. The summed E-state index contributed by atoms with van der Waals surface area (Å²) in [5, 5.41) is 12.7. The summed E-state index contributed by atoms with van der Waals surface area (Å²) < 4.78 is 12.0. The lowest BCUT2D eigenvalue weighted by Crippen LogP contribution is -2.43. The number of pyridine rings is 1. The number of carboxylic acids is 1. The van der Waals surface area contributed by atoms with E-state index in [-0.39, 0.29) is 12.3 Å². The molecule has 0 unspecified atom stereocenters. The zero-order valence-electron chi connectivity index (χ0n) is 23.0. The summed E-state index contributed by atoms with van der Waals surface area (Å²) in [4.78, 5) is 30.9. The largest absolute Gasteiger partial charge is 0.494 e. The summed E-state index contributed by atoms with van der Waals surface area (Å²) in [7, 11) is 0. The Kier molecular flexibility index (Phi) is 10.1. The molecular formula is C29H42N4O5. The number of benzene rings is 1. The maximum absolute atomic E-state index is 13.4. The number of aromatic nitrogens is 1. The van der Waals surface area contributed by atoms with Crippen LogP contribution >= 0.6 is 0 Å². The highest BCUT2D eigenvalue weighted by Gasteiger charge is 2.33. The maximum atomic E-state index is 13.4. The molecule has 1 aliphatic rings. The highest BCUT2D eigenvalue weighted by Crippen LogP contribution is 2.29. The third kappa shape index (κ3) is 9.61. The molecule has 0 spiro atoms. The number of amides is 1. The quantitative estimate of drug-likeness (QED) is 0.317. The first kappa shape index (κ1) is 29.4. The summed E-state index contributed by atoms with van der Waals surface area (Å²) in [5.74, 6) is -0.148. The standard InChI is InChI=1S/C29H42N4O5/c1-28(2,30)20-38-29(3,4)11-14-33-19-23-17-24(37-15-7-13-32-25-8-5-6-12-31-25)10-9-21(23)16-22(27(33)36)18-26(34)35/h5-6,8-10,12,17,22H,7,11,13-16,18-20,30H2,1-4H3,(H,31,32)(H,34,35)/t22-/m0/s1. The molecule has 9 heteroatoms. The van der Waals surface area contributed by atoms with Gasteiger partial charge in [-0.05, 0) is 82.3 Å². The smallest absolute Gasteiger partial charge is 0.304 e. The van der Waals surface area contributed by atoms with E-state index in [4.69, 9.17) is 15.2 Å². The SMILES string of the molecule is CC(C)(N)COC(C)(C)CCN1Cc2cc(OCCCNc3ccccn3)ccc2C[C@@H](CC(=O)O)C1=O. The Labute approximate surface area is 225 Å². The molecule has 38 heavy (non-hydrogen) atoms. The highest BCUT2D eigenvalue weighted by atomic mass is 16.5. The predicted octanol–water partition coefficient (Wildman–Crippen LogP) is 3.86. The maximum Gasteiger partial charge on any atom is 0.304 e. The Morgan fingerprint density at radius 3 is 2.68 bits per heavy atom. The fraction of sp³-hybridized carbons (Fsp3) is 0.552. The summed E-state index contributed by atoms with van der Waals surface area (Å²) in [6.07, 6.45) is 3.35. The first-order valence-electron chi connectivity index (χ1n) is 13.2. The second-order valence-electron chi connectivity index (χ2n) is 11.3. The molecule has 0 fully saturated rings. The zero-order valence-corrected chi connectivity index (χ0v) is 23.0. The number of hydrogen-bond acceptors (Lipinski definition) is 7. The van der Waals surface area contributed by atoms with Crippen molar-refractivity contribution >= 4 is 17.7 Å². The normalized spacial score (nSPS) is 16.1. The molecular weight excluding hydrogens is 484 g/mol. The molecule has 0 aliphatic carbocycles. The Morgan fingerprint density at radius 2 is 2.00 bits per heavy atom. The van der Waals surface area contributed by atoms with Crippen molar-refractivity contribution in [3.8, 4) is 5.75 Å². The minimum Gasteiger partial charge on any atom is -0.494 e. The Hall–Kier alpha value is -3.17. The number of hydrogen-bond donors (Lipinski definition) is 3. The van der Waals surface area contributed by atoms with Crippen molar-refractivity contribution in [2.75, 3.05) is 31.6 Å². The number of nitrogens with zero attached hydrogens (tertiary/aromatic N) is 2. The number of anilines is 1. The van der Waals surface area contributed by atoms with Crippen LogP contribution in [0, 0.1) is 5.92 Å². The number of nitrogens with one attached hydrogen (secondary N) is 1. The van der Waals surface area contributed by atoms with E-state index in [2.05, 4.69) is 10.3 Å². The van der Waals surface area contributed by atoms with Crippen LogP contribution in [-0.4, -0.2) is 64.3 Å². The van der Waals surface area contributed by atoms with Crippen molar-refractivity contribution < 1.29 is 24.2 Å². The van der Waals surface area contributed by atoms with Crippen LogP contribution in [0.5, 0.6) is 5.75 Å². The van der Waals surface area contributed by atoms with Gasteiger partial charge in [-0.1, -0.05) is 12.1 Å². The topological polar surface area (TPSA) is 127 Å². The zero-order chi connectivity index (χ0) is 27.8. The van der Waals surface area contributed by atoms with Crippen molar-refractivity contribution in [2.45, 2.75) is 71.1 Å². The van der Waals surface area contributed by atoms with Crippen molar-refractivity contribution in [1.82, 2.24) is 9.88 Å². The number of ether oxygens (including phenoxy) is 2. The first-order valence-corrected chi connectivity index (χ1v) is 13.2. The summed E-state index contributed by atoms with van der Waals surface area (Å²) in [6, 6.07) is 11.6. The fourth-order valence-corrected chi connectivity index (χ4v) is 4.30. The first-order chi connectivity index (χ1) is 17.9. The molecule has 2 heterocycles. The van der Waals surface area contributed by atoms with Gasteiger partial charge in [-0.3, -0.25) is 9.59 Å². The summed E-state index contributed by atoms with van der Waals surface area (Å²) >= 11 is 0. The van der Waals surface area contributed by atoms with Crippen molar-refractivity contribution in [2.24, 2.45) is 11.7 Å². The molecule has 0 bridgehead atoms. The van der Waals surface area contributed by atoms with Gasteiger partial charge in [0.25, 0.3) is 0 Å². The molecule has 0 saturated carbocycles. The van der Waals surface area contributed by atoms with Gasteiger partial charge < -0.3 is 30.5 Å². The molecule has 3 rings (SSSR count). The van der Waals surface area contributed by atoms with E-state index < -0.39 is 23.0 Å². The van der Waals surface area contributed by atoms with Gasteiger partial charge in [-0.2, -0.15) is 0 Å².